The van der Waals surface area contributed by atoms with Gasteiger partial charge in [0.25, 0.3) is 0 Å². The van der Waals surface area contributed by atoms with Gasteiger partial charge in [0.05, 0.1) is 24.6 Å². The van der Waals surface area contributed by atoms with Gasteiger partial charge in [-0.25, -0.2) is 4.98 Å². The van der Waals surface area contributed by atoms with Crippen molar-refractivity contribution in [1.82, 2.24) is 24.2 Å². The third-order valence-electron chi connectivity index (χ3n) is 4.30. The number of halogens is 3. The first-order valence-corrected chi connectivity index (χ1v) is 7.55. The molecule has 0 bridgehead atoms. The number of nitrogens with zero attached hydrogens (tertiary/aromatic N) is 5. The molecule has 0 spiro atoms. The normalized spacial score (nSPS) is 20.2. The van der Waals surface area contributed by atoms with E-state index >= 15 is 0 Å². The molecule has 0 amide bonds. The largest absolute Gasteiger partial charge is 0.401 e. The molecule has 3 rings (SSSR count). The van der Waals surface area contributed by atoms with Crippen LogP contribution in [0, 0.1) is 0 Å². The average molecular weight is 327 g/mol. The summed E-state index contributed by atoms with van der Waals surface area (Å²) in [6.07, 6.45) is 2.90. The van der Waals surface area contributed by atoms with E-state index in [0.717, 1.165) is 11.3 Å². The maximum absolute atomic E-state index is 12.6. The van der Waals surface area contributed by atoms with Crippen LogP contribution in [0.1, 0.15) is 19.5 Å². The predicted octanol–water partition coefficient (Wildman–Crippen LogP) is 2.19. The number of piperazine rings is 1. The van der Waals surface area contributed by atoms with E-state index in [1.165, 1.54) is 4.90 Å². The van der Waals surface area contributed by atoms with Crippen molar-refractivity contribution in [3.8, 4) is 0 Å². The Kier molecular flexibility index (Phi) is 4.05. The number of fused-ring (bicyclic) bond motifs is 1. The van der Waals surface area contributed by atoms with Gasteiger partial charge in [0.2, 0.25) is 0 Å². The molecule has 5 nitrogen and oxygen atoms in total. The molecule has 0 radical (unpaired) electrons. The van der Waals surface area contributed by atoms with Crippen molar-refractivity contribution in [3.63, 3.8) is 0 Å². The van der Waals surface area contributed by atoms with Gasteiger partial charge in [-0.1, -0.05) is 0 Å². The molecule has 0 saturated carbocycles. The summed E-state index contributed by atoms with van der Waals surface area (Å²) in [4.78, 5) is 12.0. The molecule has 8 heteroatoms. The van der Waals surface area contributed by atoms with E-state index in [-0.39, 0.29) is 5.54 Å². The number of alkyl halides is 3. The quantitative estimate of drug-likeness (QED) is 0.866. The molecule has 0 atom stereocenters. The lowest BCUT2D eigenvalue weighted by Crippen LogP contribution is -2.60. The molecular formula is C15H20F3N5. The van der Waals surface area contributed by atoms with E-state index in [1.54, 1.807) is 18.6 Å². The zero-order valence-corrected chi connectivity index (χ0v) is 13.2. The molecule has 0 aromatic carbocycles. The highest BCUT2D eigenvalue weighted by Gasteiger charge is 2.38. The van der Waals surface area contributed by atoms with Crippen molar-refractivity contribution in [2.45, 2.75) is 32.1 Å². The minimum atomic E-state index is -4.15. The van der Waals surface area contributed by atoms with Gasteiger partial charge >= 0.3 is 6.18 Å². The number of aromatic nitrogens is 3. The highest BCUT2D eigenvalue weighted by atomic mass is 19.4. The molecule has 1 aliphatic rings. The van der Waals surface area contributed by atoms with E-state index in [1.807, 2.05) is 24.4 Å². The fourth-order valence-electron chi connectivity index (χ4n) is 3.18. The lowest BCUT2D eigenvalue weighted by molar-refractivity contribution is -0.155. The molecule has 0 aliphatic carbocycles. The first-order chi connectivity index (χ1) is 10.7. The molecule has 3 heterocycles. The minimum Gasteiger partial charge on any atom is -0.300 e. The Morgan fingerprint density at radius 1 is 1.22 bits per heavy atom. The minimum absolute atomic E-state index is 0.333. The summed E-state index contributed by atoms with van der Waals surface area (Å²) in [5, 5.41) is 0. The van der Waals surface area contributed by atoms with Crippen LogP contribution in [0.15, 0.2) is 24.8 Å². The average Bonchev–Trinajstić information content (AvgIpc) is 2.83. The highest BCUT2D eigenvalue weighted by molar-refractivity contribution is 5.36. The molecule has 1 fully saturated rings. The standard InChI is InChI=1S/C15H20F3N5/c1-14(2)10-21(11-15(16,17)18)5-6-22(14)9-12-7-20-13-8-19-3-4-23(12)13/h3-4,7-8H,5-6,9-11H2,1-2H3. The van der Waals surface area contributed by atoms with Crippen molar-refractivity contribution in [3.05, 3.63) is 30.5 Å². The molecule has 0 N–H and O–H groups in total. The zero-order chi connectivity index (χ0) is 16.7. The van der Waals surface area contributed by atoms with Crippen LogP contribution in [0.2, 0.25) is 0 Å². The van der Waals surface area contributed by atoms with Gasteiger partial charge in [0.15, 0.2) is 5.65 Å². The number of hydrogen-bond donors (Lipinski definition) is 0. The Labute approximate surface area is 132 Å². The van der Waals surface area contributed by atoms with Crippen molar-refractivity contribution >= 4 is 5.65 Å². The summed E-state index contributed by atoms with van der Waals surface area (Å²) in [5.74, 6) is 0. The lowest BCUT2D eigenvalue weighted by Gasteiger charge is -2.47. The summed E-state index contributed by atoms with van der Waals surface area (Å²) in [7, 11) is 0. The van der Waals surface area contributed by atoms with Gasteiger partial charge in [-0.3, -0.25) is 19.2 Å². The van der Waals surface area contributed by atoms with Crippen LogP contribution >= 0.6 is 0 Å². The van der Waals surface area contributed by atoms with Crippen LogP contribution in [0.5, 0.6) is 0 Å². The summed E-state index contributed by atoms with van der Waals surface area (Å²) in [6, 6.07) is 0. The maximum atomic E-state index is 12.6. The second-order valence-corrected chi connectivity index (χ2v) is 6.61. The van der Waals surface area contributed by atoms with Gasteiger partial charge in [0.1, 0.15) is 0 Å². The summed E-state index contributed by atoms with van der Waals surface area (Å²) < 4.78 is 39.8. The molecule has 2 aromatic rings. The Morgan fingerprint density at radius 2 is 2.00 bits per heavy atom. The van der Waals surface area contributed by atoms with Crippen molar-refractivity contribution < 1.29 is 13.2 Å². The summed E-state index contributed by atoms with van der Waals surface area (Å²) in [6.45, 7) is 5.19. The van der Waals surface area contributed by atoms with Gasteiger partial charge in [-0.2, -0.15) is 13.2 Å². The topological polar surface area (TPSA) is 36.7 Å². The van der Waals surface area contributed by atoms with E-state index in [0.29, 0.717) is 26.2 Å². The monoisotopic (exact) mass is 327 g/mol. The summed E-state index contributed by atoms with van der Waals surface area (Å²) >= 11 is 0. The van der Waals surface area contributed by atoms with Crippen molar-refractivity contribution in [2.24, 2.45) is 0 Å². The zero-order valence-electron chi connectivity index (χ0n) is 13.2. The molecule has 1 aliphatic heterocycles. The first-order valence-electron chi connectivity index (χ1n) is 7.55. The van der Waals surface area contributed by atoms with Crippen molar-refractivity contribution in [1.29, 1.82) is 0 Å². The van der Waals surface area contributed by atoms with E-state index < -0.39 is 12.7 Å². The molecule has 0 unspecified atom stereocenters. The maximum Gasteiger partial charge on any atom is 0.401 e. The second kappa shape index (κ2) is 5.76. The number of hydrogen-bond acceptors (Lipinski definition) is 4. The fraction of sp³-hybridized carbons (Fsp3) is 0.600. The van der Waals surface area contributed by atoms with Gasteiger partial charge in [-0.15, -0.1) is 0 Å². The predicted molar refractivity (Wildman–Crippen MR) is 80.0 cm³/mol. The Morgan fingerprint density at radius 3 is 2.70 bits per heavy atom. The van der Waals surface area contributed by atoms with Crippen molar-refractivity contribution in [2.75, 3.05) is 26.2 Å². The molecular weight excluding hydrogens is 307 g/mol. The molecule has 126 valence electrons. The van der Waals surface area contributed by atoms with Gasteiger partial charge < -0.3 is 0 Å². The fourth-order valence-corrected chi connectivity index (χ4v) is 3.18. The molecule has 2 aromatic heterocycles. The van der Waals surface area contributed by atoms with Crippen LogP contribution in [-0.4, -0.2) is 62.1 Å². The van der Waals surface area contributed by atoms with E-state index in [2.05, 4.69) is 14.9 Å². The highest BCUT2D eigenvalue weighted by Crippen LogP contribution is 2.26. The number of imidazole rings is 1. The summed E-state index contributed by atoms with van der Waals surface area (Å²) in [5.41, 5.74) is 1.46. The van der Waals surface area contributed by atoms with E-state index in [4.69, 9.17) is 0 Å². The van der Waals surface area contributed by atoms with Crippen LogP contribution < -0.4 is 0 Å². The third kappa shape index (κ3) is 3.64. The molecule has 23 heavy (non-hydrogen) atoms. The first kappa shape index (κ1) is 16.2. The Hall–Kier alpha value is -1.67. The van der Waals surface area contributed by atoms with Gasteiger partial charge in [-0.05, 0) is 13.8 Å². The third-order valence-corrected chi connectivity index (χ3v) is 4.30. The van der Waals surface area contributed by atoms with Crippen LogP contribution in [0.25, 0.3) is 5.65 Å². The van der Waals surface area contributed by atoms with E-state index in [9.17, 15) is 13.2 Å². The van der Waals surface area contributed by atoms with Crippen LogP contribution in [-0.2, 0) is 6.54 Å². The lowest BCUT2D eigenvalue weighted by atomic mass is 9.98. The van der Waals surface area contributed by atoms with Gasteiger partial charge in [0, 0.05) is 44.1 Å². The molecule has 1 saturated heterocycles. The Bertz CT molecular complexity index is 679. The smallest absolute Gasteiger partial charge is 0.300 e. The van der Waals surface area contributed by atoms with Crippen LogP contribution in [0.4, 0.5) is 13.2 Å². The second-order valence-electron chi connectivity index (χ2n) is 6.61. The SMILES string of the molecule is CC1(C)CN(CC(F)(F)F)CCN1Cc1cnc2cnccn12. The Balaban J connectivity index is 1.72. The van der Waals surface area contributed by atoms with Crippen LogP contribution in [0.3, 0.4) is 0 Å². The number of rotatable bonds is 3.